The molecule has 4 aromatic rings. The van der Waals surface area contributed by atoms with Crippen LogP contribution >= 0.6 is 11.8 Å². The van der Waals surface area contributed by atoms with E-state index in [1.165, 1.54) is 11.8 Å². The van der Waals surface area contributed by atoms with Gasteiger partial charge in [-0.15, -0.1) is 10.2 Å². The Morgan fingerprint density at radius 1 is 0.867 bits per heavy atom. The largest absolute Gasteiger partial charge is 0.454 e. The van der Waals surface area contributed by atoms with Gasteiger partial charge in [0.05, 0.1) is 0 Å². The van der Waals surface area contributed by atoms with Crippen molar-refractivity contribution in [1.29, 1.82) is 0 Å². The minimum absolute atomic E-state index is 0.0189. The lowest BCUT2D eigenvalue weighted by Crippen LogP contribution is -2.10. The molecule has 2 heterocycles. The summed E-state index contributed by atoms with van der Waals surface area (Å²) in [5.41, 5.74) is 2.23. The highest BCUT2D eigenvalue weighted by Gasteiger charge is 2.26. The minimum atomic E-state index is -0.501. The molecule has 5 rings (SSSR count). The normalized spacial score (nSPS) is 13.2. The Bertz CT molecular complexity index is 1180. The van der Waals surface area contributed by atoms with Crippen molar-refractivity contribution in [2.75, 3.05) is 6.79 Å². The van der Waals surface area contributed by atoms with Crippen molar-refractivity contribution >= 4 is 17.5 Å². The quantitative estimate of drug-likeness (QED) is 0.317. The highest BCUT2D eigenvalue weighted by Crippen LogP contribution is 2.39. The first-order valence-corrected chi connectivity index (χ1v) is 10.2. The van der Waals surface area contributed by atoms with E-state index >= 15 is 0 Å². The van der Waals surface area contributed by atoms with Crippen LogP contribution in [0.5, 0.6) is 11.5 Å². The van der Waals surface area contributed by atoms with E-state index < -0.39 is 5.25 Å². The SMILES string of the molecule is O=C(c1ccccc1)[C@H](Sc1nnc(-c2ccc3c(c2)OCO3)o1)c1ccccc1. The lowest BCUT2D eigenvalue weighted by molar-refractivity contribution is 0.0989. The van der Waals surface area contributed by atoms with Gasteiger partial charge in [-0.1, -0.05) is 60.7 Å². The van der Waals surface area contributed by atoms with Crippen LogP contribution in [0.25, 0.3) is 11.5 Å². The van der Waals surface area contributed by atoms with Gasteiger partial charge >= 0.3 is 0 Å². The summed E-state index contributed by atoms with van der Waals surface area (Å²) in [6.07, 6.45) is 0. The number of carbonyl (C=O) groups is 1. The number of thioether (sulfide) groups is 1. The monoisotopic (exact) mass is 416 g/mol. The molecular weight excluding hydrogens is 400 g/mol. The summed E-state index contributed by atoms with van der Waals surface area (Å²) >= 11 is 1.24. The van der Waals surface area contributed by atoms with Crippen LogP contribution in [-0.4, -0.2) is 22.8 Å². The molecule has 30 heavy (non-hydrogen) atoms. The second-order valence-electron chi connectivity index (χ2n) is 6.58. The van der Waals surface area contributed by atoms with Crippen LogP contribution in [0, 0.1) is 0 Å². The predicted molar refractivity (Wildman–Crippen MR) is 112 cm³/mol. The molecule has 0 saturated carbocycles. The van der Waals surface area contributed by atoms with Gasteiger partial charge in [0, 0.05) is 11.1 Å². The molecule has 1 atom stereocenters. The summed E-state index contributed by atoms with van der Waals surface area (Å²) in [5.74, 6) is 1.66. The number of rotatable bonds is 6. The lowest BCUT2D eigenvalue weighted by atomic mass is 10.0. The fourth-order valence-corrected chi connectivity index (χ4v) is 4.11. The summed E-state index contributed by atoms with van der Waals surface area (Å²) in [4.78, 5) is 13.2. The number of ketones is 1. The Balaban J connectivity index is 1.44. The summed E-state index contributed by atoms with van der Waals surface area (Å²) in [5, 5.41) is 8.11. The Kier molecular flexibility index (Phi) is 4.94. The zero-order valence-electron chi connectivity index (χ0n) is 15.7. The number of nitrogens with zero attached hydrogens (tertiary/aromatic N) is 2. The van der Waals surface area contributed by atoms with Gasteiger partial charge in [0.2, 0.25) is 12.7 Å². The summed E-state index contributed by atoms with van der Waals surface area (Å²) in [7, 11) is 0. The molecule has 0 saturated heterocycles. The van der Waals surface area contributed by atoms with E-state index in [4.69, 9.17) is 13.9 Å². The molecule has 0 unspecified atom stereocenters. The van der Waals surface area contributed by atoms with Crippen LogP contribution in [0.3, 0.4) is 0 Å². The van der Waals surface area contributed by atoms with Crippen LogP contribution in [-0.2, 0) is 0 Å². The standard InChI is InChI=1S/C23H16N2O4S/c26-20(15-7-3-1-4-8-15)21(16-9-5-2-6-10-16)30-23-25-24-22(29-23)17-11-12-18-19(13-17)28-14-27-18/h1-13,21H,14H2/t21-/m1/s1. The molecule has 6 nitrogen and oxygen atoms in total. The number of hydrogen-bond donors (Lipinski definition) is 0. The zero-order valence-corrected chi connectivity index (χ0v) is 16.5. The maximum atomic E-state index is 13.2. The first-order chi connectivity index (χ1) is 14.8. The number of carbonyl (C=O) groups excluding carboxylic acids is 1. The van der Waals surface area contributed by atoms with Crippen LogP contribution in [0.15, 0.2) is 88.5 Å². The van der Waals surface area contributed by atoms with Crippen molar-refractivity contribution in [3.05, 3.63) is 90.0 Å². The van der Waals surface area contributed by atoms with Crippen LogP contribution in [0.1, 0.15) is 21.2 Å². The average Bonchev–Trinajstić information content (AvgIpc) is 3.47. The highest BCUT2D eigenvalue weighted by molar-refractivity contribution is 8.00. The number of aromatic nitrogens is 2. The van der Waals surface area contributed by atoms with Crippen LogP contribution < -0.4 is 9.47 Å². The molecule has 1 aliphatic rings. The van der Waals surface area contributed by atoms with Crippen molar-refractivity contribution in [2.45, 2.75) is 10.5 Å². The fraction of sp³-hybridized carbons (Fsp3) is 0.0870. The number of ether oxygens (including phenoxy) is 2. The predicted octanol–water partition coefficient (Wildman–Crippen LogP) is 5.18. The summed E-state index contributed by atoms with van der Waals surface area (Å²) < 4.78 is 16.6. The number of fused-ring (bicyclic) bond motifs is 1. The molecule has 3 aromatic carbocycles. The van der Waals surface area contributed by atoms with E-state index in [0.717, 1.165) is 11.1 Å². The zero-order chi connectivity index (χ0) is 20.3. The molecule has 0 amide bonds. The van der Waals surface area contributed by atoms with Gasteiger partial charge in [0.15, 0.2) is 17.3 Å². The smallest absolute Gasteiger partial charge is 0.277 e. The van der Waals surface area contributed by atoms with Crippen molar-refractivity contribution in [3.63, 3.8) is 0 Å². The molecule has 0 spiro atoms. The van der Waals surface area contributed by atoms with Gasteiger partial charge < -0.3 is 13.9 Å². The maximum absolute atomic E-state index is 13.2. The van der Waals surface area contributed by atoms with Gasteiger partial charge in [0.25, 0.3) is 5.22 Å². The average molecular weight is 416 g/mol. The second-order valence-corrected chi connectivity index (χ2v) is 7.64. The van der Waals surface area contributed by atoms with Crippen LogP contribution in [0.2, 0.25) is 0 Å². The van der Waals surface area contributed by atoms with Crippen molar-refractivity contribution in [1.82, 2.24) is 10.2 Å². The number of benzene rings is 3. The number of Topliss-reactive ketones (excluding diaryl/α,β-unsaturated/α-hetero) is 1. The molecule has 1 aliphatic heterocycles. The first-order valence-electron chi connectivity index (χ1n) is 9.32. The minimum Gasteiger partial charge on any atom is -0.454 e. The summed E-state index contributed by atoms with van der Waals surface area (Å²) in [6, 6.07) is 24.2. The van der Waals surface area contributed by atoms with Crippen molar-refractivity contribution in [2.24, 2.45) is 0 Å². The van der Waals surface area contributed by atoms with E-state index in [0.29, 0.717) is 28.2 Å². The van der Waals surface area contributed by atoms with Gasteiger partial charge in [-0.2, -0.15) is 0 Å². The molecule has 0 fully saturated rings. The maximum Gasteiger partial charge on any atom is 0.277 e. The van der Waals surface area contributed by atoms with Gasteiger partial charge in [-0.3, -0.25) is 4.79 Å². The fourth-order valence-electron chi connectivity index (χ4n) is 3.16. The lowest BCUT2D eigenvalue weighted by Gasteiger charge is -2.14. The van der Waals surface area contributed by atoms with E-state index in [9.17, 15) is 4.79 Å². The second kappa shape index (κ2) is 8.04. The highest BCUT2D eigenvalue weighted by atomic mass is 32.2. The van der Waals surface area contributed by atoms with E-state index in [1.54, 1.807) is 12.1 Å². The van der Waals surface area contributed by atoms with E-state index in [2.05, 4.69) is 10.2 Å². The van der Waals surface area contributed by atoms with E-state index in [1.807, 2.05) is 66.7 Å². The van der Waals surface area contributed by atoms with Gasteiger partial charge in [0.1, 0.15) is 5.25 Å². The molecule has 0 radical (unpaired) electrons. The number of hydrogen-bond acceptors (Lipinski definition) is 7. The molecule has 7 heteroatoms. The van der Waals surface area contributed by atoms with E-state index in [-0.39, 0.29) is 12.6 Å². The van der Waals surface area contributed by atoms with Crippen molar-refractivity contribution in [3.8, 4) is 23.0 Å². The van der Waals surface area contributed by atoms with Gasteiger partial charge in [-0.25, -0.2) is 0 Å². The molecule has 0 N–H and O–H groups in total. The molecule has 0 aliphatic carbocycles. The third-order valence-corrected chi connectivity index (χ3v) is 5.73. The summed E-state index contributed by atoms with van der Waals surface area (Å²) in [6.45, 7) is 0.198. The topological polar surface area (TPSA) is 74.5 Å². The van der Waals surface area contributed by atoms with Crippen molar-refractivity contribution < 1.29 is 18.7 Å². The Morgan fingerprint density at radius 2 is 1.60 bits per heavy atom. The van der Waals surface area contributed by atoms with Crippen LogP contribution in [0.4, 0.5) is 0 Å². The molecule has 148 valence electrons. The molecular formula is C23H16N2O4S. The molecule has 1 aromatic heterocycles. The molecule has 0 bridgehead atoms. The first kappa shape index (κ1) is 18.4. The van der Waals surface area contributed by atoms with Gasteiger partial charge in [-0.05, 0) is 35.5 Å². The Hall–Kier alpha value is -3.58. The third kappa shape index (κ3) is 3.67. The third-order valence-electron chi connectivity index (χ3n) is 4.64. The Labute approximate surface area is 176 Å². The Morgan fingerprint density at radius 3 is 2.40 bits per heavy atom.